The van der Waals surface area contributed by atoms with Crippen molar-refractivity contribution in [3.05, 3.63) is 0 Å². The Morgan fingerprint density at radius 3 is 1.43 bits per heavy atom. The fourth-order valence-corrected chi connectivity index (χ4v) is 10.9. The number of hydrogen-bond donors (Lipinski definition) is 0. The molecule has 0 aromatic carbocycles. The van der Waals surface area contributed by atoms with Gasteiger partial charge in [-0.15, -0.1) is 0 Å². The topological polar surface area (TPSA) is 54.0 Å². The molecule has 0 radical (unpaired) electrons. The standard InChI is InChI=1S/C24H51O5P/c1-6-10-20-30(21-11-7-2,22-12-8-3,23-13-9-4)29-24(25)14-15-27-18-19-28-17-16-26-5/h6-23H2,1-5H3. The zero-order valence-electron chi connectivity index (χ0n) is 20.7. The van der Waals surface area contributed by atoms with E-state index in [9.17, 15) is 4.79 Å². The first kappa shape index (κ1) is 29.8. The summed E-state index contributed by atoms with van der Waals surface area (Å²) in [6.07, 6.45) is 14.1. The number of hydrogen-bond acceptors (Lipinski definition) is 5. The Kier molecular flexibility index (Phi) is 18.2. The Balaban J connectivity index is 5.01. The van der Waals surface area contributed by atoms with Crippen LogP contribution in [-0.4, -0.2) is 70.8 Å². The molecule has 30 heavy (non-hydrogen) atoms. The summed E-state index contributed by atoms with van der Waals surface area (Å²) in [5.41, 5.74) is 0. The molecule has 5 nitrogen and oxygen atoms in total. The number of unbranched alkanes of at least 4 members (excludes halogenated alkanes) is 4. The molecule has 0 rings (SSSR count). The van der Waals surface area contributed by atoms with E-state index >= 15 is 0 Å². The number of ether oxygens (including phenoxy) is 3. The molecule has 6 heteroatoms. The van der Waals surface area contributed by atoms with E-state index < -0.39 is 6.83 Å². The average Bonchev–Trinajstić information content (AvgIpc) is 2.76. The molecule has 0 amide bonds. The van der Waals surface area contributed by atoms with Crippen LogP contribution in [0.15, 0.2) is 0 Å². The monoisotopic (exact) mass is 450 g/mol. The molecule has 0 saturated carbocycles. The molecule has 0 heterocycles. The van der Waals surface area contributed by atoms with Crippen LogP contribution >= 0.6 is 6.83 Å². The van der Waals surface area contributed by atoms with Crippen molar-refractivity contribution in [2.45, 2.75) is 85.5 Å². The van der Waals surface area contributed by atoms with Crippen LogP contribution < -0.4 is 0 Å². The number of methoxy groups -OCH3 is 1. The van der Waals surface area contributed by atoms with Crippen molar-refractivity contribution >= 4 is 12.8 Å². The summed E-state index contributed by atoms with van der Waals surface area (Å²) in [5, 5.41) is 0. The van der Waals surface area contributed by atoms with Crippen molar-refractivity contribution in [3.8, 4) is 0 Å². The Hall–Kier alpha value is -0.220. The second-order valence-corrected chi connectivity index (χ2v) is 14.3. The average molecular weight is 451 g/mol. The summed E-state index contributed by atoms with van der Waals surface area (Å²) < 4.78 is 22.6. The van der Waals surface area contributed by atoms with E-state index in [1.54, 1.807) is 7.11 Å². The summed E-state index contributed by atoms with van der Waals surface area (Å²) in [6, 6.07) is 0. The Morgan fingerprint density at radius 1 is 0.633 bits per heavy atom. The summed E-state index contributed by atoms with van der Waals surface area (Å²) in [6.45, 7) is 9.04. The second-order valence-electron chi connectivity index (χ2n) is 8.60. The van der Waals surface area contributed by atoms with Gasteiger partial charge < -0.3 is 0 Å². The molecule has 0 atom stereocenters. The van der Waals surface area contributed by atoms with Gasteiger partial charge in [-0.2, -0.15) is 0 Å². The molecule has 0 aromatic heterocycles. The molecule has 0 saturated heterocycles. The van der Waals surface area contributed by atoms with E-state index in [-0.39, 0.29) is 5.97 Å². The van der Waals surface area contributed by atoms with E-state index in [0.29, 0.717) is 39.5 Å². The molecule has 0 aliphatic heterocycles. The molecule has 182 valence electrons. The predicted molar refractivity (Wildman–Crippen MR) is 130 cm³/mol. The third-order valence-corrected chi connectivity index (χ3v) is 12.4. The molecule has 0 bridgehead atoms. The first-order chi connectivity index (χ1) is 14.5. The third-order valence-electron chi connectivity index (χ3n) is 5.92. The van der Waals surface area contributed by atoms with Crippen molar-refractivity contribution < 1.29 is 23.5 Å². The maximum absolute atomic E-state index is 13.0. The molecular weight excluding hydrogens is 399 g/mol. The molecule has 0 aliphatic rings. The van der Waals surface area contributed by atoms with Crippen LogP contribution in [0, 0.1) is 0 Å². The van der Waals surface area contributed by atoms with Crippen LogP contribution in [0.1, 0.15) is 85.5 Å². The van der Waals surface area contributed by atoms with Gasteiger partial charge in [0.2, 0.25) is 0 Å². The van der Waals surface area contributed by atoms with Crippen molar-refractivity contribution in [2.24, 2.45) is 0 Å². The fourth-order valence-electron chi connectivity index (χ4n) is 4.04. The van der Waals surface area contributed by atoms with Gasteiger partial charge in [-0.05, 0) is 0 Å². The van der Waals surface area contributed by atoms with Crippen molar-refractivity contribution in [1.29, 1.82) is 0 Å². The van der Waals surface area contributed by atoms with Gasteiger partial charge in [-0.3, -0.25) is 0 Å². The second kappa shape index (κ2) is 18.4. The number of carbonyl (C=O) groups is 1. The van der Waals surface area contributed by atoms with Crippen LogP contribution in [0.25, 0.3) is 0 Å². The zero-order valence-corrected chi connectivity index (χ0v) is 21.6. The first-order valence-electron chi connectivity index (χ1n) is 12.4. The summed E-state index contributed by atoms with van der Waals surface area (Å²) in [7, 11) is 1.66. The van der Waals surface area contributed by atoms with Crippen molar-refractivity contribution in [3.63, 3.8) is 0 Å². The first-order valence-corrected chi connectivity index (χ1v) is 15.3. The minimum absolute atomic E-state index is 0.0487. The van der Waals surface area contributed by atoms with E-state index in [1.165, 1.54) is 0 Å². The Bertz CT molecular complexity index is 373. The number of rotatable bonds is 22. The summed E-state index contributed by atoms with van der Waals surface area (Å²) in [5.74, 6) is -0.0487. The van der Waals surface area contributed by atoms with E-state index in [2.05, 4.69) is 27.7 Å². The molecule has 0 N–H and O–H groups in total. The van der Waals surface area contributed by atoms with Gasteiger partial charge in [-0.25, -0.2) is 0 Å². The van der Waals surface area contributed by atoms with E-state index in [1.807, 2.05) is 0 Å². The third kappa shape index (κ3) is 12.6. The maximum atomic E-state index is 13.0. The molecule has 0 spiro atoms. The van der Waals surface area contributed by atoms with Gasteiger partial charge in [0.1, 0.15) is 0 Å². The normalized spacial score (nSPS) is 13.2. The van der Waals surface area contributed by atoms with Crippen LogP contribution in [-0.2, 0) is 23.5 Å². The predicted octanol–water partition coefficient (Wildman–Crippen LogP) is 6.27. The quantitative estimate of drug-likeness (QED) is 0.144. The minimum atomic E-state index is -2.52. The molecule has 0 aliphatic carbocycles. The number of carbonyl (C=O) groups excluding carboxylic acids is 1. The van der Waals surface area contributed by atoms with Crippen LogP contribution in [0.5, 0.6) is 0 Å². The Morgan fingerprint density at radius 2 is 1.03 bits per heavy atom. The van der Waals surface area contributed by atoms with E-state index in [0.717, 1.165) is 76.0 Å². The van der Waals surface area contributed by atoms with Crippen LogP contribution in [0.2, 0.25) is 0 Å². The van der Waals surface area contributed by atoms with Gasteiger partial charge in [0.25, 0.3) is 0 Å². The van der Waals surface area contributed by atoms with Crippen molar-refractivity contribution in [2.75, 3.05) is 64.8 Å². The van der Waals surface area contributed by atoms with Gasteiger partial charge in [-0.1, -0.05) is 0 Å². The van der Waals surface area contributed by atoms with Gasteiger partial charge in [0.05, 0.1) is 0 Å². The van der Waals surface area contributed by atoms with E-state index in [4.69, 9.17) is 18.7 Å². The van der Waals surface area contributed by atoms with Gasteiger partial charge >= 0.3 is 187 Å². The van der Waals surface area contributed by atoms with Crippen LogP contribution in [0.3, 0.4) is 0 Å². The van der Waals surface area contributed by atoms with Gasteiger partial charge in [0.15, 0.2) is 0 Å². The van der Waals surface area contributed by atoms with Gasteiger partial charge in [0, 0.05) is 0 Å². The Labute approximate surface area is 187 Å². The van der Waals surface area contributed by atoms with Crippen LogP contribution in [0.4, 0.5) is 0 Å². The fraction of sp³-hybridized carbons (Fsp3) is 0.958. The molecule has 0 fully saturated rings. The molecular formula is C24H51O5P. The summed E-state index contributed by atoms with van der Waals surface area (Å²) >= 11 is 0. The zero-order chi connectivity index (χ0) is 22.6. The molecule has 0 aromatic rings. The van der Waals surface area contributed by atoms with Crippen molar-refractivity contribution in [1.82, 2.24) is 0 Å². The summed E-state index contributed by atoms with van der Waals surface area (Å²) in [4.78, 5) is 13.0. The molecule has 0 unspecified atom stereocenters. The SMILES string of the molecule is CCCCP(CCCC)(CCCC)(CCCC)OC(=O)CCOCCOCCOC.